The van der Waals surface area contributed by atoms with Gasteiger partial charge in [0, 0.05) is 18.0 Å². The van der Waals surface area contributed by atoms with Gasteiger partial charge in [0.05, 0.1) is 30.5 Å². The molecule has 3 atom stereocenters. The maximum absolute atomic E-state index is 6.57. The number of benzene rings is 1. The highest BCUT2D eigenvalue weighted by Gasteiger charge is 2.45. The Morgan fingerprint density at radius 1 is 1.29 bits per heavy atom. The Morgan fingerprint density at radius 3 is 2.82 bits per heavy atom. The normalized spacial score (nSPS) is 23.5. The fourth-order valence-electron chi connectivity index (χ4n) is 3.93. The topological polar surface area (TPSA) is 47.0 Å². The number of halogens is 1. The van der Waals surface area contributed by atoms with Gasteiger partial charge in [-0.15, -0.1) is 0 Å². The molecule has 1 fully saturated rings. The average molecular weight is 418 g/mol. The predicted octanol–water partition coefficient (Wildman–Crippen LogP) is 5.12. The highest BCUT2D eigenvalue weighted by Crippen LogP contribution is 2.50. The Balaban J connectivity index is 1.82. The molecule has 2 aliphatic rings. The number of ether oxygens (including phenoxy) is 2. The zero-order chi connectivity index (χ0) is 19.7. The summed E-state index contributed by atoms with van der Waals surface area (Å²) in [4.78, 5) is 12.1. The minimum Gasteiger partial charge on any atom is -0.491 e. The first-order valence-electron chi connectivity index (χ1n) is 9.58. The molecule has 3 unspecified atom stereocenters. The maximum Gasteiger partial charge on any atom is 0.179 e. The lowest BCUT2D eigenvalue weighted by Crippen LogP contribution is -2.35. The van der Waals surface area contributed by atoms with E-state index in [9.17, 15) is 0 Å². The van der Waals surface area contributed by atoms with E-state index in [0.717, 1.165) is 28.6 Å². The van der Waals surface area contributed by atoms with E-state index in [1.54, 1.807) is 7.11 Å². The Labute approximate surface area is 175 Å². The Hall–Kier alpha value is -1.92. The van der Waals surface area contributed by atoms with Crippen LogP contribution in [0.25, 0.3) is 0 Å². The lowest BCUT2D eigenvalue weighted by atomic mass is 9.95. The quantitative estimate of drug-likeness (QED) is 0.652. The third-order valence-corrected chi connectivity index (χ3v) is 6.61. The van der Waals surface area contributed by atoms with E-state index in [2.05, 4.69) is 16.8 Å². The van der Waals surface area contributed by atoms with E-state index >= 15 is 0 Å². The molecule has 3 heterocycles. The molecule has 1 aromatic heterocycles. The van der Waals surface area contributed by atoms with Crippen LogP contribution in [0.3, 0.4) is 0 Å². The highest BCUT2D eigenvalue weighted by atomic mass is 35.5. The SMILES string of the molecule is CCOc1cc(C2C(c3ccccn3)N=C3SCC(CC)N32)cc(Cl)c1OC. The first-order chi connectivity index (χ1) is 13.7. The molecule has 0 radical (unpaired) electrons. The van der Waals surface area contributed by atoms with Crippen LogP contribution in [0.5, 0.6) is 11.5 Å². The number of aromatic nitrogens is 1. The van der Waals surface area contributed by atoms with Crippen LogP contribution in [0.2, 0.25) is 5.02 Å². The van der Waals surface area contributed by atoms with Gasteiger partial charge in [0.1, 0.15) is 6.04 Å². The lowest BCUT2D eigenvalue weighted by Gasteiger charge is -2.32. The summed E-state index contributed by atoms with van der Waals surface area (Å²) in [6.07, 6.45) is 2.90. The van der Waals surface area contributed by atoms with Gasteiger partial charge < -0.3 is 14.4 Å². The molecule has 2 aromatic rings. The van der Waals surface area contributed by atoms with E-state index in [1.807, 2.05) is 55.2 Å². The monoisotopic (exact) mass is 417 g/mol. The summed E-state index contributed by atoms with van der Waals surface area (Å²) >= 11 is 8.40. The molecule has 4 rings (SSSR count). The van der Waals surface area contributed by atoms with Gasteiger partial charge in [-0.1, -0.05) is 36.4 Å². The molecule has 0 N–H and O–H groups in total. The molecule has 0 bridgehead atoms. The smallest absolute Gasteiger partial charge is 0.179 e. The van der Waals surface area contributed by atoms with Crippen LogP contribution in [0, 0.1) is 0 Å². The summed E-state index contributed by atoms with van der Waals surface area (Å²) in [7, 11) is 1.61. The average Bonchev–Trinajstić information content (AvgIpc) is 3.27. The molecule has 28 heavy (non-hydrogen) atoms. The number of hydrogen-bond acceptors (Lipinski definition) is 6. The Kier molecular flexibility index (Phi) is 5.69. The maximum atomic E-state index is 6.57. The summed E-state index contributed by atoms with van der Waals surface area (Å²) in [5.41, 5.74) is 2.04. The molecule has 0 aliphatic carbocycles. The molecular weight excluding hydrogens is 394 g/mol. The molecule has 0 amide bonds. The van der Waals surface area contributed by atoms with E-state index in [0.29, 0.717) is 29.2 Å². The Bertz CT molecular complexity index is 877. The summed E-state index contributed by atoms with van der Waals surface area (Å²) < 4.78 is 11.3. The summed E-state index contributed by atoms with van der Waals surface area (Å²) in [5, 5.41) is 1.65. The van der Waals surface area contributed by atoms with E-state index in [1.165, 1.54) is 0 Å². The van der Waals surface area contributed by atoms with Crippen LogP contribution >= 0.6 is 23.4 Å². The van der Waals surface area contributed by atoms with Crippen molar-refractivity contribution in [2.24, 2.45) is 4.99 Å². The fraction of sp³-hybridized carbons (Fsp3) is 0.429. The second kappa shape index (κ2) is 8.21. The molecular formula is C21H24ClN3O2S. The van der Waals surface area contributed by atoms with Gasteiger partial charge in [-0.25, -0.2) is 0 Å². The predicted molar refractivity (Wildman–Crippen MR) is 115 cm³/mol. The number of fused-ring (bicyclic) bond motifs is 1. The van der Waals surface area contributed by atoms with Crippen LogP contribution in [0.4, 0.5) is 0 Å². The van der Waals surface area contributed by atoms with Crippen LogP contribution in [-0.2, 0) is 0 Å². The van der Waals surface area contributed by atoms with Crippen molar-refractivity contribution in [1.29, 1.82) is 0 Å². The molecule has 7 heteroatoms. The molecule has 1 saturated heterocycles. The van der Waals surface area contributed by atoms with E-state index < -0.39 is 0 Å². The number of methoxy groups -OCH3 is 1. The molecule has 0 saturated carbocycles. The molecule has 2 aliphatic heterocycles. The van der Waals surface area contributed by atoms with Crippen molar-refractivity contribution >= 4 is 28.5 Å². The third kappa shape index (κ3) is 3.33. The number of amidine groups is 1. The van der Waals surface area contributed by atoms with Gasteiger partial charge in [-0.05, 0) is 43.2 Å². The minimum absolute atomic E-state index is 0.0347. The van der Waals surface area contributed by atoms with Crippen molar-refractivity contribution in [2.75, 3.05) is 19.5 Å². The highest BCUT2D eigenvalue weighted by molar-refractivity contribution is 8.14. The standard InChI is InChI=1S/C21H24ClN3O2S/c1-4-14-12-28-21-24-18(16-8-6-7-9-23-16)19(25(14)21)13-10-15(22)20(26-3)17(11-13)27-5-2/h6-11,14,18-19H,4-5,12H2,1-3H3. The number of pyridine rings is 1. The summed E-state index contributed by atoms with van der Waals surface area (Å²) in [6, 6.07) is 10.4. The van der Waals surface area contributed by atoms with Gasteiger partial charge in [-0.3, -0.25) is 9.98 Å². The lowest BCUT2D eigenvalue weighted by molar-refractivity contribution is 0.253. The second-order valence-corrected chi connectivity index (χ2v) is 8.20. The van der Waals surface area contributed by atoms with Gasteiger partial charge >= 0.3 is 0 Å². The third-order valence-electron chi connectivity index (χ3n) is 5.21. The van der Waals surface area contributed by atoms with Gasteiger partial charge in [-0.2, -0.15) is 0 Å². The summed E-state index contributed by atoms with van der Waals surface area (Å²) in [6.45, 7) is 4.73. The number of rotatable bonds is 6. The zero-order valence-electron chi connectivity index (χ0n) is 16.3. The second-order valence-electron chi connectivity index (χ2n) is 6.80. The first kappa shape index (κ1) is 19.4. The van der Waals surface area contributed by atoms with E-state index in [4.69, 9.17) is 26.1 Å². The minimum atomic E-state index is -0.0722. The molecule has 148 valence electrons. The number of hydrogen-bond donors (Lipinski definition) is 0. The van der Waals surface area contributed by atoms with Crippen molar-refractivity contribution in [3.63, 3.8) is 0 Å². The van der Waals surface area contributed by atoms with Crippen LogP contribution in [-0.4, -0.2) is 40.6 Å². The van der Waals surface area contributed by atoms with Gasteiger partial charge in [0.2, 0.25) is 0 Å². The number of nitrogens with zero attached hydrogens (tertiary/aromatic N) is 3. The zero-order valence-corrected chi connectivity index (χ0v) is 17.8. The van der Waals surface area contributed by atoms with E-state index in [-0.39, 0.29) is 12.1 Å². The molecule has 5 nitrogen and oxygen atoms in total. The Morgan fingerprint density at radius 2 is 2.14 bits per heavy atom. The number of aliphatic imine (C=N–C) groups is 1. The first-order valence-corrected chi connectivity index (χ1v) is 10.9. The largest absolute Gasteiger partial charge is 0.491 e. The fourth-order valence-corrected chi connectivity index (χ4v) is 5.56. The summed E-state index contributed by atoms with van der Waals surface area (Å²) in [5.74, 6) is 2.30. The van der Waals surface area contributed by atoms with Crippen molar-refractivity contribution in [3.05, 3.63) is 52.8 Å². The van der Waals surface area contributed by atoms with Crippen LogP contribution in [0.1, 0.15) is 43.6 Å². The van der Waals surface area contributed by atoms with Crippen molar-refractivity contribution in [3.8, 4) is 11.5 Å². The molecule has 1 aromatic carbocycles. The molecule has 0 spiro atoms. The van der Waals surface area contributed by atoms with Crippen molar-refractivity contribution in [1.82, 2.24) is 9.88 Å². The van der Waals surface area contributed by atoms with Crippen molar-refractivity contribution < 1.29 is 9.47 Å². The van der Waals surface area contributed by atoms with Gasteiger partial charge in [0.15, 0.2) is 16.7 Å². The van der Waals surface area contributed by atoms with Crippen LogP contribution in [0.15, 0.2) is 41.5 Å². The number of thioether (sulfide) groups is 1. The van der Waals surface area contributed by atoms with Gasteiger partial charge in [0.25, 0.3) is 0 Å². The van der Waals surface area contributed by atoms with Crippen molar-refractivity contribution in [2.45, 2.75) is 38.4 Å². The van der Waals surface area contributed by atoms with Crippen LogP contribution < -0.4 is 9.47 Å².